The van der Waals surface area contributed by atoms with E-state index in [1.165, 1.54) is 19.8 Å². The number of rotatable bonds is 5. The Morgan fingerprint density at radius 2 is 1.72 bits per heavy atom. The second-order valence-electron chi connectivity index (χ2n) is 6.85. The van der Waals surface area contributed by atoms with Crippen LogP contribution in [0.25, 0.3) is 0 Å². The molecule has 25 heavy (non-hydrogen) atoms. The minimum Gasteiger partial charge on any atom is -0.496 e. The van der Waals surface area contributed by atoms with Crippen LogP contribution < -0.4 is 14.8 Å². The van der Waals surface area contributed by atoms with Gasteiger partial charge in [0.25, 0.3) is 5.91 Å². The van der Waals surface area contributed by atoms with E-state index in [4.69, 9.17) is 21.1 Å². The molecule has 1 fully saturated rings. The maximum atomic E-state index is 12.8. The van der Waals surface area contributed by atoms with Crippen molar-refractivity contribution in [2.45, 2.75) is 25.8 Å². The van der Waals surface area contributed by atoms with Gasteiger partial charge in [0.05, 0.1) is 24.8 Å². The third kappa shape index (κ3) is 3.19. The van der Waals surface area contributed by atoms with E-state index in [0.717, 1.165) is 0 Å². The first-order valence-corrected chi connectivity index (χ1v) is 8.55. The van der Waals surface area contributed by atoms with Gasteiger partial charge >= 0.3 is 0 Å². The van der Waals surface area contributed by atoms with Crippen molar-refractivity contribution in [1.82, 2.24) is 5.32 Å². The molecule has 1 aliphatic rings. The van der Waals surface area contributed by atoms with Gasteiger partial charge in [0.15, 0.2) is 0 Å². The molecule has 2 aromatic rings. The van der Waals surface area contributed by atoms with Crippen molar-refractivity contribution in [2.24, 2.45) is 5.41 Å². The molecule has 0 unspecified atom stereocenters. The molecule has 1 saturated carbocycles. The molecule has 0 bridgehead atoms. The summed E-state index contributed by atoms with van der Waals surface area (Å²) >= 11 is 6.17. The Balaban J connectivity index is 1.83. The summed E-state index contributed by atoms with van der Waals surface area (Å²) in [7, 11) is 3.05. The van der Waals surface area contributed by atoms with Gasteiger partial charge in [-0.05, 0) is 17.0 Å². The molecule has 2 atom stereocenters. The Morgan fingerprint density at radius 3 is 2.32 bits per heavy atom. The van der Waals surface area contributed by atoms with Crippen molar-refractivity contribution in [3.8, 4) is 11.5 Å². The van der Waals surface area contributed by atoms with Crippen molar-refractivity contribution in [3.63, 3.8) is 0 Å². The number of benzene rings is 2. The van der Waals surface area contributed by atoms with E-state index in [-0.39, 0.29) is 23.3 Å². The highest BCUT2D eigenvalue weighted by Crippen LogP contribution is 2.58. The summed E-state index contributed by atoms with van der Waals surface area (Å²) in [5.41, 5.74) is 1.64. The van der Waals surface area contributed by atoms with Crippen LogP contribution in [0.15, 0.2) is 42.5 Å². The van der Waals surface area contributed by atoms with Crippen LogP contribution in [0.2, 0.25) is 5.02 Å². The summed E-state index contributed by atoms with van der Waals surface area (Å²) in [5.74, 6) is 1.01. The number of hydrogen-bond acceptors (Lipinski definition) is 3. The van der Waals surface area contributed by atoms with E-state index < -0.39 is 0 Å². The number of hydrogen-bond donors (Lipinski definition) is 1. The molecular formula is C20H22ClNO3. The van der Waals surface area contributed by atoms with E-state index in [9.17, 15) is 4.79 Å². The fraction of sp³-hybridized carbons (Fsp3) is 0.350. The number of carbonyl (C=O) groups excluding carboxylic acids is 1. The highest BCUT2D eigenvalue weighted by molar-refractivity contribution is 6.32. The highest BCUT2D eigenvalue weighted by Gasteiger charge is 2.59. The molecule has 1 amide bonds. The molecule has 4 nitrogen and oxygen atoms in total. The molecule has 0 spiro atoms. The number of halogens is 1. The van der Waals surface area contributed by atoms with E-state index in [0.29, 0.717) is 22.1 Å². The smallest absolute Gasteiger partial charge is 0.255 e. The molecule has 0 saturated heterocycles. The van der Waals surface area contributed by atoms with Crippen molar-refractivity contribution >= 4 is 17.5 Å². The summed E-state index contributed by atoms with van der Waals surface area (Å²) in [5, 5.41) is 3.51. The first-order chi connectivity index (χ1) is 11.9. The zero-order valence-electron chi connectivity index (χ0n) is 14.8. The number of ether oxygens (including phenoxy) is 2. The predicted molar refractivity (Wildman–Crippen MR) is 98.8 cm³/mol. The predicted octanol–water partition coefficient (Wildman–Crippen LogP) is 4.28. The molecule has 0 aliphatic heterocycles. The Morgan fingerprint density at radius 1 is 1.08 bits per heavy atom. The summed E-state index contributed by atoms with van der Waals surface area (Å²) < 4.78 is 10.5. The van der Waals surface area contributed by atoms with E-state index in [1.54, 1.807) is 12.1 Å². The Labute approximate surface area is 153 Å². The second kappa shape index (κ2) is 6.60. The molecule has 132 valence electrons. The average Bonchev–Trinajstić information content (AvgIpc) is 3.15. The Bertz CT molecular complexity index is 789. The number of nitrogens with one attached hydrogen (secondary N) is 1. The maximum Gasteiger partial charge on any atom is 0.255 e. The lowest BCUT2D eigenvalue weighted by Crippen LogP contribution is -2.29. The summed E-state index contributed by atoms with van der Waals surface area (Å²) in [4.78, 5) is 12.8. The Kier molecular flexibility index (Phi) is 4.65. The zero-order chi connectivity index (χ0) is 18.2. The third-order valence-corrected chi connectivity index (χ3v) is 5.29. The van der Waals surface area contributed by atoms with Crippen molar-refractivity contribution in [1.29, 1.82) is 0 Å². The first-order valence-electron chi connectivity index (χ1n) is 8.17. The van der Waals surface area contributed by atoms with Crippen LogP contribution in [0.3, 0.4) is 0 Å². The van der Waals surface area contributed by atoms with Gasteiger partial charge in [-0.3, -0.25) is 4.79 Å². The second-order valence-corrected chi connectivity index (χ2v) is 7.26. The van der Waals surface area contributed by atoms with Gasteiger partial charge in [-0.25, -0.2) is 0 Å². The van der Waals surface area contributed by atoms with Crippen molar-refractivity contribution < 1.29 is 14.3 Å². The van der Waals surface area contributed by atoms with Crippen LogP contribution in [0.5, 0.6) is 11.5 Å². The number of amides is 1. The largest absolute Gasteiger partial charge is 0.496 e. The summed E-state index contributed by atoms with van der Waals surface area (Å²) in [6.07, 6.45) is 0. The molecule has 3 rings (SSSR count). The molecule has 1 N–H and O–H groups in total. The van der Waals surface area contributed by atoms with E-state index >= 15 is 0 Å². The van der Waals surface area contributed by atoms with Crippen molar-refractivity contribution in [3.05, 3.63) is 58.6 Å². The normalized spacial score (nSPS) is 20.7. The third-order valence-electron chi connectivity index (χ3n) is 4.99. The van der Waals surface area contributed by atoms with Gasteiger partial charge in [0.2, 0.25) is 0 Å². The molecule has 5 heteroatoms. The van der Waals surface area contributed by atoms with Crippen LogP contribution in [0, 0.1) is 5.41 Å². The lowest BCUT2D eigenvalue weighted by Gasteiger charge is -2.13. The van der Waals surface area contributed by atoms with E-state index in [2.05, 4.69) is 31.3 Å². The van der Waals surface area contributed by atoms with Gasteiger partial charge in [0, 0.05) is 18.0 Å². The minimum absolute atomic E-state index is 0.000509. The molecule has 0 aromatic heterocycles. The molecule has 2 aromatic carbocycles. The van der Waals surface area contributed by atoms with Crippen LogP contribution >= 0.6 is 11.6 Å². The van der Waals surface area contributed by atoms with Crippen molar-refractivity contribution in [2.75, 3.05) is 14.2 Å². The van der Waals surface area contributed by atoms with Gasteiger partial charge in [-0.1, -0.05) is 55.8 Å². The zero-order valence-corrected chi connectivity index (χ0v) is 15.6. The van der Waals surface area contributed by atoms with Crippen LogP contribution in [-0.2, 0) is 0 Å². The van der Waals surface area contributed by atoms with Crippen LogP contribution in [0.1, 0.15) is 35.7 Å². The highest BCUT2D eigenvalue weighted by atomic mass is 35.5. The fourth-order valence-corrected chi connectivity index (χ4v) is 3.69. The van der Waals surface area contributed by atoms with Gasteiger partial charge in [-0.2, -0.15) is 0 Å². The summed E-state index contributed by atoms with van der Waals surface area (Å²) in [6.45, 7) is 4.32. The number of carbonyl (C=O) groups is 1. The molecule has 0 heterocycles. The average molecular weight is 360 g/mol. The summed E-state index contributed by atoms with van der Waals surface area (Å²) in [6, 6.07) is 13.5. The number of methoxy groups -OCH3 is 2. The Hall–Kier alpha value is -2.20. The first kappa shape index (κ1) is 17.6. The topological polar surface area (TPSA) is 47.6 Å². The molecule has 0 radical (unpaired) electrons. The van der Waals surface area contributed by atoms with Gasteiger partial charge in [-0.15, -0.1) is 0 Å². The lowest BCUT2D eigenvalue weighted by molar-refractivity contribution is 0.0943. The lowest BCUT2D eigenvalue weighted by atomic mass is 10.0. The fourth-order valence-electron chi connectivity index (χ4n) is 3.45. The van der Waals surface area contributed by atoms with Crippen LogP contribution in [0.4, 0.5) is 0 Å². The van der Waals surface area contributed by atoms with Gasteiger partial charge in [0.1, 0.15) is 11.5 Å². The SMILES string of the molecule is COc1cc(OC)c(C(=O)N[C@H]2[C@H](c3ccccc3)C2(C)C)cc1Cl. The van der Waals surface area contributed by atoms with E-state index in [1.807, 2.05) is 18.2 Å². The molecule has 1 aliphatic carbocycles. The van der Waals surface area contributed by atoms with Crippen LogP contribution in [-0.4, -0.2) is 26.2 Å². The quantitative estimate of drug-likeness (QED) is 0.866. The van der Waals surface area contributed by atoms with Gasteiger partial charge < -0.3 is 14.8 Å². The monoisotopic (exact) mass is 359 g/mol. The molecular weight excluding hydrogens is 338 g/mol. The minimum atomic E-state index is -0.196. The maximum absolute atomic E-state index is 12.8. The standard InChI is InChI=1S/C20H22ClNO3/c1-20(2)17(12-8-6-5-7-9-12)18(20)22-19(23)13-10-14(21)16(25-4)11-15(13)24-3/h5-11,17-18H,1-4H3,(H,22,23)/t17-,18-/m0/s1.